The van der Waals surface area contributed by atoms with Crippen molar-refractivity contribution in [2.45, 2.75) is 60.0 Å². The SMILES string of the molecule is CC(=O)OC(C)c1ccc(C(CC(C)C)C(C)C)cc1. The minimum Gasteiger partial charge on any atom is -0.458 e. The molecule has 0 amide bonds. The maximum atomic E-state index is 11.0. The van der Waals surface area contributed by atoms with E-state index in [1.807, 2.05) is 6.92 Å². The van der Waals surface area contributed by atoms with E-state index in [0.29, 0.717) is 17.8 Å². The van der Waals surface area contributed by atoms with Gasteiger partial charge in [-0.15, -0.1) is 0 Å². The van der Waals surface area contributed by atoms with Gasteiger partial charge in [0.2, 0.25) is 0 Å². The second-order valence-electron chi connectivity index (χ2n) is 6.40. The molecule has 0 aliphatic rings. The molecule has 0 saturated carbocycles. The van der Waals surface area contributed by atoms with Crippen LogP contribution in [-0.4, -0.2) is 5.97 Å². The van der Waals surface area contributed by atoms with Gasteiger partial charge in [-0.05, 0) is 42.2 Å². The maximum absolute atomic E-state index is 11.0. The van der Waals surface area contributed by atoms with Gasteiger partial charge in [0.1, 0.15) is 6.10 Å². The van der Waals surface area contributed by atoms with Crippen molar-refractivity contribution in [3.8, 4) is 0 Å². The first-order valence-electron chi connectivity index (χ1n) is 7.58. The molecule has 0 saturated heterocycles. The molecule has 2 nitrogen and oxygen atoms in total. The third-order valence-corrected chi connectivity index (χ3v) is 3.71. The summed E-state index contributed by atoms with van der Waals surface area (Å²) in [4.78, 5) is 11.0. The van der Waals surface area contributed by atoms with Crippen molar-refractivity contribution < 1.29 is 9.53 Å². The Kier molecular flexibility index (Phi) is 6.25. The van der Waals surface area contributed by atoms with Gasteiger partial charge in [-0.2, -0.15) is 0 Å². The van der Waals surface area contributed by atoms with Crippen LogP contribution in [0.1, 0.15) is 71.1 Å². The first kappa shape index (κ1) is 16.7. The highest BCUT2D eigenvalue weighted by Crippen LogP contribution is 2.31. The van der Waals surface area contributed by atoms with Crippen LogP contribution in [-0.2, 0) is 9.53 Å². The summed E-state index contributed by atoms with van der Waals surface area (Å²) < 4.78 is 5.21. The second-order valence-corrected chi connectivity index (χ2v) is 6.40. The Morgan fingerprint density at radius 2 is 1.50 bits per heavy atom. The molecule has 0 spiro atoms. The second kappa shape index (κ2) is 7.47. The molecular weight excluding hydrogens is 248 g/mol. The molecule has 0 aliphatic heterocycles. The molecular formula is C18H28O2. The lowest BCUT2D eigenvalue weighted by Gasteiger charge is -2.24. The summed E-state index contributed by atoms with van der Waals surface area (Å²) in [5.74, 6) is 1.69. The van der Waals surface area contributed by atoms with Crippen LogP contribution in [0.25, 0.3) is 0 Å². The van der Waals surface area contributed by atoms with E-state index in [-0.39, 0.29) is 12.1 Å². The van der Waals surface area contributed by atoms with Crippen molar-refractivity contribution in [3.05, 3.63) is 35.4 Å². The van der Waals surface area contributed by atoms with Crippen LogP contribution in [0.5, 0.6) is 0 Å². The third-order valence-electron chi connectivity index (χ3n) is 3.71. The van der Waals surface area contributed by atoms with Crippen LogP contribution in [0.4, 0.5) is 0 Å². The molecule has 112 valence electrons. The van der Waals surface area contributed by atoms with E-state index >= 15 is 0 Å². The van der Waals surface area contributed by atoms with Gasteiger partial charge in [0.05, 0.1) is 0 Å². The fourth-order valence-corrected chi connectivity index (χ4v) is 2.63. The summed E-state index contributed by atoms with van der Waals surface area (Å²) in [6.45, 7) is 12.5. The molecule has 0 aliphatic carbocycles. The van der Waals surface area contributed by atoms with Gasteiger partial charge in [0, 0.05) is 6.92 Å². The highest BCUT2D eigenvalue weighted by molar-refractivity contribution is 5.66. The minimum absolute atomic E-state index is 0.177. The number of ether oxygens (including phenoxy) is 1. The maximum Gasteiger partial charge on any atom is 0.303 e. The molecule has 0 fully saturated rings. The number of hydrogen-bond acceptors (Lipinski definition) is 2. The van der Waals surface area contributed by atoms with E-state index in [4.69, 9.17) is 4.74 Å². The van der Waals surface area contributed by atoms with E-state index in [1.54, 1.807) is 0 Å². The van der Waals surface area contributed by atoms with Gasteiger partial charge >= 0.3 is 5.97 Å². The van der Waals surface area contributed by atoms with Crippen molar-refractivity contribution in [1.82, 2.24) is 0 Å². The van der Waals surface area contributed by atoms with Crippen LogP contribution in [0.15, 0.2) is 24.3 Å². The summed E-state index contributed by atoms with van der Waals surface area (Å²) >= 11 is 0. The fourth-order valence-electron chi connectivity index (χ4n) is 2.63. The molecule has 0 bridgehead atoms. The van der Waals surface area contributed by atoms with Crippen LogP contribution < -0.4 is 0 Å². The molecule has 0 heterocycles. The van der Waals surface area contributed by atoms with Crippen LogP contribution in [0.3, 0.4) is 0 Å². The van der Waals surface area contributed by atoms with E-state index in [0.717, 1.165) is 5.56 Å². The lowest BCUT2D eigenvalue weighted by molar-refractivity contribution is -0.145. The Balaban J connectivity index is 2.85. The monoisotopic (exact) mass is 276 g/mol. The zero-order valence-corrected chi connectivity index (χ0v) is 13.6. The summed E-state index contributed by atoms with van der Waals surface area (Å²) in [6, 6.07) is 8.53. The summed E-state index contributed by atoms with van der Waals surface area (Å²) in [7, 11) is 0. The lowest BCUT2D eigenvalue weighted by atomic mass is 9.82. The number of carbonyl (C=O) groups excluding carboxylic acids is 1. The van der Waals surface area contributed by atoms with Crippen molar-refractivity contribution in [2.75, 3.05) is 0 Å². The number of esters is 1. The van der Waals surface area contributed by atoms with Crippen LogP contribution in [0.2, 0.25) is 0 Å². The molecule has 0 N–H and O–H groups in total. The standard InChI is InChI=1S/C18H28O2/c1-12(2)11-18(13(3)4)17-9-7-16(8-10-17)14(5)20-15(6)19/h7-10,12-14,18H,11H2,1-6H3. The molecule has 0 radical (unpaired) electrons. The topological polar surface area (TPSA) is 26.3 Å². The van der Waals surface area contributed by atoms with Crippen molar-refractivity contribution in [1.29, 1.82) is 0 Å². The summed E-state index contributed by atoms with van der Waals surface area (Å²) in [6.07, 6.45) is 1.03. The Morgan fingerprint density at radius 1 is 1.00 bits per heavy atom. The number of hydrogen-bond donors (Lipinski definition) is 0. The van der Waals surface area contributed by atoms with Crippen molar-refractivity contribution >= 4 is 5.97 Å². The molecule has 2 heteroatoms. The number of benzene rings is 1. The average molecular weight is 276 g/mol. The number of rotatable bonds is 6. The summed E-state index contributed by atoms with van der Waals surface area (Å²) in [5.41, 5.74) is 2.43. The van der Waals surface area contributed by atoms with Crippen molar-refractivity contribution in [3.63, 3.8) is 0 Å². The number of carbonyl (C=O) groups is 1. The fraction of sp³-hybridized carbons (Fsp3) is 0.611. The quantitative estimate of drug-likeness (QED) is 0.676. The van der Waals surface area contributed by atoms with Gasteiger partial charge in [-0.25, -0.2) is 0 Å². The third kappa shape index (κ3) is 4.99. The van der Waals surface area contributed by atoms with E-state index in [2.05, 4.69) is 52.0 Å². The highest BCUT2D eigenvalue weighted by Gasteiger charge is 2.18. The first-order chi connectivity index (χ1) is 9.31. The van der Waals surface area contributed by atoms with Crippen molar-refractivity contribution in [2.24, 2.45) is 11.8 Å². The lowest BCUT2D eigenvalue weighted by Crippen LogP contribution is -2.10. The first-order valence-corrected chi connectivity index (χ1v) is 7.58. The van der Waals surface area contributed by atoms with Crippen LogP contribution in [0, 0.1) is 11.8 Å². The minimum atomic E-state index is -0.235. The highest BCUT2D eigenvalue weighted by atomic mass is 16.5. The Bertz CT molecular complexity index is 418. The largest absolute Gasteiger partial charge is 0.458 e. The Morgan fingerprint density at radius 3 is 1.90 bits per heavy atom. The Labute approximate surface area is 123 Å². The van der Waals surface area contributed by atoms with E-state index in [1.165, 1.54) is 18.9 Å². The van der Waals surface area contributed by atoms with Crippen LogP contribution >= 0.6 is 0 Å². The van der Waals surface area contributed by atoms with Gasteiger partial charge in [-0.1, -0.05) is 52.0 Å². The van der Waals surface area contributed by atoms with E-state index < -0.39 is 0 Å². The Hall–Kier alpha value is -1.31. The molecule has 20 heavy (non-hydrogen) atoms. The normalized spacial score (nSPS) is 14.4. The van der Waals surface area contributed by atoms with Gasteiger partial charge in [0.15, 0.2) is 0 Å². The summed E-state index contributed by atoms with van der Waals surface area (Å²) in [5, 5.41) is 0. The predicted molar refractivity (Wildman–Crippen MR) is 83.7 cm³/mol. The zero-order chi connectivity index (χ0) is 15.3. The molecule has 2 unspecified atom stereocenters. The molecule has 1 rings (SSSR count). The molecule has 1 aromatic rings. The zero-order valence-electron chi connectivity index (χ0n) is 13.6. The van der Waals surface area contributed by atoms with Gasteiger partial charge < -0.3 is 4.74 Å². The van der Waals surface area contributed by atoms with E-state index in [9.17, 15) is 4.79 Å². The molecule has 0 aromatic heterocycles. The van der Waals surface area contributed by atoms with Gasteiger partial charge in [0.25, 0.3) is 0 Å². The molecule has 2 atom stereocenters. The molecule has 1 aromatic carbocycles. The smallest absolute Gasteiger partial charge is 0.303 e. The predicted octanol–water partition coefficient (Wildman–Crippen LogP) is 5.10. The average Bonchev–Trinajstić information content (AvgIpc) is 2.35. The van der Waals surface area contributed by atoms with Gasteiger partial charge in [-0.3, -0.25) is 4.79 Å².